The Balaban J connectivity index is 1.40. The van der Waals surface area contributed by atoms with Crippen molar-refractivity contribution < 1.29 is 5.11 Å². The topological polar surface area (TPSA) is 99.7 Å². The molecule has 2 aliphatic rings. The average molecular weight is 373 g/mol. The van der Waals surface area contributed by atoms with E-state index in [1.165, 1.54) is 0 Å². The predicted octanol–water partition coefficient (Wildman–Crippen LogP) is 1.34. The molecule has 0 fully saturated rings. The molecular weight excluding hydrogens is 354 g/mol. The largest absolute Gasteiger partial charge is 0.506 e. The zero-order valence-corrected chi connectivity index (χ0v) is 15.1. The molecule has 3 aromatic rings. The van der Waals surface area contributed by atoms with Gasteiger partial charge in [0.05, 0.1) is 19.3 Å². The highest BCUT2D eigenvalue weighted by Crippen LogP contribution is 2.25. The molecule has 3 heterocycles. The first-order valence-electron chi connectivity index (χ1n) is 9.21. The van der Waals surface area contributed by atoms with Crippen LogP contribution in [0.1, 0.15) is 11.1 Å². The lowest BCUT2D eigenvalue weighted by atomic mass is 10.1. The molecule has 3 N–H and O–H groups in total. The molecule has 5 rings (SSSR count). The number of aliphatic imine (C=N–C) groups is 2. The van der Waals surface area contributed by atoms with Gasteiger partial charge in [-0.05, 0) is 18.2 Å². The molecule has 0 atom stereocenters. The number of benzene rings is 2. The first-order valence-corrected chi connectivity index (χ1v) is 9.21. The van der Waals surface area contributed by atoms with Crippen LogP contribution in [0, 0.1) is 0 Å². The van der Waals surface area contributed by atoms with E-state index in [0.29, 0.717) is 5.69 Å². The van der Waals surface area contributed by atoms with Crippen LogP contribution in [0.4, 0.5) is 0 Å². The van der Waals surface area contributed by atoms with Gasteiger partial charge in [-0.15, -0.1) is 5.10 Å². The number of nitrogens with zero attached hydrogens (tertiary/aromatic N) is 5. The van der Waals surface area contributed by atoms with Gasteiger partial charge in [0, 0.05) is 29.8 Å². The van der Waals surface area contributed by atoms with E-state index in [9.17, 15) is 5.11 Å². The van der Waals surface area contributed by atoms with Gasteiger partial charge in [-0.3, -0.25) is 9.98 Å². The fraction of sp³-hybridized carbons (Fsp3) is 0.200. The van der Waals surface area contributed by atoms with Gasteiger partial charge in [-0.1, -0.05) is 29.5 Å². The predicted molar refractivity (Wildman–Crippen MR) is 107 cm³/mol. The highest BCUT2D eigenvalue weighted by molar-refractivity contribution is 6.00. The van der Waals surface area contributed by atoms with E-state index in [4.69, 9.17) is 0 Å². The van der Waals surface area contributed by atoms with Crippen LogP contribution in [-0.4, -0.2) is 58.0 Å². The summed E-state index contributed by atoms with van der Waals surface area (Å²) in [7, 11) is 0. The Bertz CT molecular complexity index is 1080. The molecule has 0 radical (unpaired) electrons. The third-order valence-electron chi connectivity index (χ3n) is 4.79. The van der Waals surface area contributed by atoms with Crippen LogP contribution in [0.25, 0.3) is 16.9 Å². The van der Waals surface area contributed by atoms with Crippen molar-refractivity contribution in [2.24, 2.45) is 9.98 Å². The summed E-state index contributed by atoms with van der Waals surface area (Å²) in [6, 6.07) is 13.5. The second-order valence-corrected chi connectivity index (χ2v) is 6.64. The molecule has 8 nitrogen and oxygen atoms in total. The maximum absolute atomic E-state index is 10.5. The zero-order valence-electron chi connectivity index (χ0n) is 15.1. The molecule has 28 heavy (non-hydrogen) atoms. The fourth-order valence-corrected chi connectivity index (χ4v) is 3.36. The lowest BCUT2D eigenvalue weighted by Gasteiger charge is -2.07. The lowest BCUT2D eigenvalue weighted by Crippen LogP contribution is -2.19. The summed E-state index contributed by atoms with van der Waals surface area (Å²) in [4.78, 5) is 8.81. The summed E-state index contributed by atoms with van der Waals surface area (Å²) in [5, 5.41) is 25.3. The first kappa shape index (κ1) is 16.5. The second-order valence-electron chi connectivity index (χ2n) is 6.64. The van der Waals surface area contributed by atoms with E-state index in [2.05, 4.69) is 30.9 Å². The Morgan fingerprint density at radius 1 is 0.821 bits per heavy atom. The number of amidine groups is 2. The Hall–Kier alpha value is -3.68. The average Bonchev–Trinajstić information content (AvgIpc) is 3.51. The lowest BCUT2D eigenvalue weighted by molar-refractivity contribution is 0.469. The number of hydrogen-bond donors (Lipinski definition) is 3. The summed E-state index contributed by atoms with van der Waals surface area (Å²) >= 11 is 0. The summed E-state index contributed by atoms with van der Waals surface area (Å²) in [6.45, 7) is 3.28. The van der Waals surface area contributed by atoms with E-state index in [-0.39, 0.29) is 5.75 Å². The number of nitrogens with one attached hydrogen (secondary N) is 2. The van der Waals surface area contributed by atoms with E-state index in [1.54, 1.807) is 16.9 Å². The fourth-order valence-electron chi connectivity index (χ4n) is 3.36. The number of phenols is 1. The van der Waals surface area contributed by atoms with Crippen molar-refractivity contribution in [1.29, 1.82) is 0 Å². The van der Waals surface area contributed by atoms with Crippen molar-refractivity contribution in [3.8, 4) is 22.7 Å². The van der Waals surface area contributed by atoms with Crippen molar-refractivity contribution in [3.05, 3.63) is 59.8 Å². The minimum absolute atomic E-state index is 0.131. The number of hydrogen-bond acceptors (Lipinski definition) is 7. The van der Waals surface area contributed by atoms with Gasteiger partial charge in [-0.2, -0.15) is 0 Å². The molecule has 0 bridgehead atoms. The normalized spacial score (nSPS) is 15.7. The van der Waals surface area contributed by atoms with Crippen LogP contribution in [0.3, 0.4) is 0 Å². The molecule has 0 saturated carbocycles. The van der Waals surface area contributed by atoms with Gasteiger partial charge in [0.2, 0.25) is 0 Å². The van der Waals surface area contributed by atoms with Crippen molar-refractivity contribution in [3.63, 3.8) is 0 Å². The minimum Gasteiger partial charge on any atom is -0.506 e. The van der Waals surface area contributed by atoms with Gasteiger partial charge in [-0.25, -0.2) is 4.68 Å². The number of rotatable bonds is 4. The van der Waals surface area contributed by atoms with E-state index >= 15 is 0 Å². The van der Waals surface area contributed by atoms with Crippen LogP contribution in [-0.2, 0) is 0 Å². The van der Waals surface area contributed by atoms with Gasteiger partial charge < -0.3 is 15.7 Å². The molecule has 1 aromatic heterocycles. The smallest absolute Gasteiger partial charge is 0.142 e. The first-order chi connectivity index (χ1) is 13.8. The van der Waals surface area contributed by atoms with Crippen molar-refractivity contribution in [2.75, 3.05) is 26.2 Å². The summed E-state index contributed by atoms with van der Waals surface area (Å²) < 4.78 is 1.58. The highest BCUT2D eigenvalue weighted by Gasteiger charge is 2.14. The molecule has 8 heteroatoms. The van der Waals surface area contributed by atoms with E-state index < -0.39 is 0 Å². The standard InChI is InChI=1S/C20H19N7O/c28-18-11-15(20-23-9-10-24-20)5-6-17(18)27-12-16(25-26-27)13-1-3-14(4-2-13)19-21-7-8-22-19/h1-6,11-12,28H,7-10H2,(H,21,22)(H,23,24). The number of aromatic hydroxyl groups is 1. The van der Waals surface area contributed by atoms with Gasteiger partial charge in [0.15, 0.2) is 0 Å². The van der Waals surface area contributed by atoms with Crippen molar-refractivity contribution >= 4 is 11.7 Å². The summed E-state index contributed by atoms with van der Waals surface area (Å²) in [5.41, 5.74) is 4.18. The molecule has 2 aromatic carbocycles. The Labute approximate surface area is 161 Å². The third kappa shape index (κ3) is 2.98. The number of phenolic OH excluding ortho intramolecular Hbond substituents is 1. The van der Waals surface area contributed by atoms with Crippen LogP contribution in [0.5, 0.6) is 5.75 Å². The number of aromatic nitrogens is 3. The van der Waals surface area contributed by atoms with Crippen LogP contribution < -0.4 is 10.6 Å². The van der Waals surface area contributed by atoms with Crippen molar-refractivity contribution in [2.45, 2.75) is 0 Å². The van der Waals surface area contributed by atoms with Crippen molar-refractivity contribution in [1.82, 2.24) is 25.6 Å². The summed E-state index contributed by atoms with van der Waals surface area (Å²) in [5.74, 6) is 1.87. The maximum atomic E-state index is 10.5. The quantitative estimate of drug-likeness (QED) is 0.641. The molecule has 0 aliphatic carbocycles. The Morgan fingerprint density at radius 2 is 1.46 bits per heavy atom. The molecule has 0 amide bonds. The van der Waals surface area contributed by atoms with Gasteiger partial charge >= 0.3 is 0 Å². The summed E-state index contributed by atoms with van der Waals surface area (Å²) in [6.07, 6.45) is 1.81. The van der Waals surface area contributed by atoms with Gasteiger partial charge in [0.1, 0.15) is 28.8 Å². The highest BCUT2D eigenvalue weighted by atomic mass is 16.3. The molecular formula is C20H19N7O. The molecule has 140 valence electrons. The van der Waals surface area contributed by atoms with Crippen LogP contribution in [0.2, 0.25) is 0 Å². The van der Waals surface area contributed by atoms with Gasteiger partial charge in [0.25, 0.3) is 0 Å². The maximum Gasteiger partial charge on any atom is 0.142 e. The molecule has 0 spiro atoms. The van der Waals surface area contributed by atoms with E-state index in [0.717, 1.165) is 60.2 Å². The minimum atomic E-state index is 0.131. The monoisotopic (exact) mass is 373 g/mol. The Morgan fingerprint density at radius 3 is 2.11 bits per heavy atom. The molecule has 0 unspecified atom stereocenters. The van der Waals surface area contributed by atoms with Crippen LogP contribution >= 0.6 is 0 Å². The van der Waals surface area contributed by atoms with E-state index in [1.807, 2.05) is 36.4 Å². The molecule has 2 aliphatic heterocycles. The second kappa shape index (κ2) is 6.80. The van der Waals surface area contributed by atoms with Crippen LogP contribution in [0.15, 0.2) is 58.6 Å². The molecule has 0 saturated heterocycles. The SMILES string of the molecule is Oc1cc(C2=NCCN2)ccc1-n1cc(-c2ccc(C3=NCCN3)cc2)nn1. The Kier molecular flexibility index (Phi) is 4.01. The zero-order chi connectivity index (χ0) is 18.9. The third-order valence-corrected chi connectivity index (χ3v) is 4.79.